The van der Waals surface area contributed by atoms with Gasteiger partial charge in [0.15, 0.2) is 5.65 Å². The molecule has 31 heavy (non-hydrogen) atoms. The summed E-state index contributed by atoms with van der Waals surface area (Å²) in [7, 11) is 3.90. The number of aromatic hydroxyl groups is 1. The van der Waals surface area contributed by atoms with Gasteiger partial charge in [0.05, 0.1) is 12.2 Å². The number of nitrogens with zero attached hydrogens (tertiary/aromatic N) is 6. The average molecular weight is 420 g/mol. The number of anilines is 1. The first-order valence-electron chi connectivity index (χ1n) is 9.74. The Hall–Kier alpha value is -4.15. The molecule has 4 aromatic rings. The van der Waals surface area contributed by atoms with Crippen LogP contribution in [0, 0.1) is 0 Å². The number of ether oxygens (including phenoxy) is 1. The van der Waals surface area contributed by atoms with Crippen LogP contribution in [-0.2, 0) is 0 Å². The number of fused-ring (bicyclic) bond motifs is 1. The van der Waals surface area contributed by atoms with E-state index in [-0.39, 0.29) is 23.6 Å². The lowest BCUT2D eigenvalue weighted by atomic mass is 10.3. The van der Waals surface area contributed by atoms with E-state index >= 15 is 0 Å². The topological polar surface area (TPSA) is 137 Å². The highest BCUT2D eigenvalue weighted by Crippen LogP contribution is 2.24. The van der Waals surface area contributed by atoms with Gasteiger partial charge >= 0.3 is 11.7 Å². The van der Waals surface area contributed by atoms with Crippen molar-refractivity contribution in [3.8, 4) is 17.6 Å². The van der Waals surface area contributed by atoms with Gasteiger partial charge < -0.3 is 19.7 Å². The van der Waals surface area contributed by atoms with E-state index in [9.17, 15) is 9.90 Å². The van der Waals surface area contributed by atoms with Gasteiger partial charge in [-0.3, -0.25) is 4.98 Å². The molecule has 0 aliphatic heterocycles. The van der Waals surface area contributed by atoms with Gasteiger partial charge in [-0.1, -0.05) is 6.07 Å². The molecule has 3 aromatic heterocycles. The fourth-order valence-corrected chi connectivity index (χ4v) is 3.04. The predicted molar refractivity (Wildman–Crippen MR) is 112 cm³/mol. The number of nitrogens with one attached hydrogen (secondary N) is 2. The second kappa shape index (κ2) is 7.27. The molecular weight excluding hydrogens is 400 g/mol. The van der Waals surface area contributed by atoms with Crippen molar-refractivity contribution in [1.82, 2.24) is 29.5 Å². The Kier molecular flexibility index (Phi) is 4.42. The van der Waals surface area contributed by atoms with Crippen molar-refractivity contribution in [2.75, 3.05) is 19.0 Å². The zero-order valence-electron chi connectivity index (χ0n) is 16.9. The molecule has 1 aromatic carbocycles. The quantitative estimate of drug-likeness (QED) is 0.423. The lowest BCUT2D eigenvalue weighted by Crippen LogP contribution is -2.23. The van der Waals surface area contributed by atoms with Gasteiger partial charge in [-0.25, -0.2) is 9.79 Å². The normalized spacial score (nSPS) is 15.0. The number of aromatic nitrogens is 6. The van der Waals surface area contributed by atoms with E-state index in [1.165, 1.54) is 4.52 Å². The highest BCUT2D eigenvalue weighted by atomic mass is 16.5. The zero-order valence-corrected chi connectivity index (χ0v) is 16.9. The van der Waals surface area contributed by atoms with Crippen LogP contribution >= 0.6 is 0 Å². The number of benzene rings is 1. The number of rotatable bonds is 5. The van der Waals surface area contributed by atoms with Crippen LogP contribution in [0.5, 0.6) is 17.6 Å². The van der Waals surface area contributed by atoms with Crippen LogP contribution in [0.3, 0.4) is 0 Å². The maximum atomic E-state index is 11.4. The Morgan fingerprint density at radius 2 is 2.13 bits per heavy atom. The molecule has 5 rings (SSSR count). The highest BCUT2D eigenvalue weighted by molar-refractivity contribution is 5.56. The number of hydrogen-bond donors (Lipinski definition) is 3. The molecule has 0 amide bonds. The molecule has 0 bridgehead atoms. The van der Waals surface area contributed by atoms with E-state index in [1.807, 2.05) is 43.3 Å². The van der Waals surface area contributed by atoms with Gasteiger partial charge in [-0.15, -0.1) is 0 Å². The summed E-state index contributed by atoms with van der Waals surface area (Å²) in [6.07, 6.45) is 5.15. The zero-order chi connectivity index (χ0) is 21.5. The van der Waals surface area contributed by atoms with Crippen molar-refractivity contribution >= 4 is 17.4 Å². The Morgan fingerprint density at radius 3 is 2.84 bits per heavy atom. The summed E-state index contributed by atoms with van der Waals surface area (Å²) >= 11 is 0. The van der Waals surface area contributed by atoms with Crippen LogP contribution < -0.4 is 26.2 Å². The van der Waals surface area contributed by atoms with Crippen LogP contribution in [0.2, 0.25) is 0 Å². The van der Waals surface area contributed by atoms with Crippen LogP contribution in [0.25, 0.3) is 11.7 Å². The first-order chi connectivity index (χ1) is 15.0. The van der Waals surface area contributed by atoms with E-state index in [0.29, 0.717) is 22.2 Å². The summed E-state index contributed by atoms with van der Waals surface area (Å²) in [6, 6.07) is 7.91. The average Bonchev–Trinajstić information content (AvgIpc) is 3.37. The smallest absolute Gasteiger partial charge is 0.327 e. The largest absolute Gasteiger partial charge is 0.493 e. The maximum absolute atomic E-state index is 11.4. The minimum atomic E-state index is -0.510. The third-order valence-electron chi connectivity index (χ3n) is 4.78. The van der Waals surface area contributed by atoms with Crippen LogP contribution in [-0.4, -0.2) is 54.8 Å². The molecule has 11 nitrogen and oxygen atoms in total. The predicted octanol–water partition coefficient (Wildman–Crippen LogP) is 0.315. The molecule has 0 atom stereocenters. The molecule has 1 saturated carbocycles. The third kappa shape index (κ3) is 3.84. The SMILES string of the molecule is CN(C)c1cccc(Oc2nc(=NC3CC3)n3nc/c(=C/c4[nH]c(=O)[nH]c4O)c3n2)c1. The second-order valence-electron chi connectivity index (χ2n) is 7.48. The first-order valence-corrected chi connectivity index (χ1v) is 9.74. The Labute approximate surface area is 175 Å². The molecule has 0 saturated heterocycles. The van der Waals surface area contributed by atoms with Crippen LogP contribution in [0.15, 0.2) is 40.2 Å². The van der Waals surface area contributed by atoms with Gasteiger partial charge in [-0.2, -0.15) is 19.6 Å². The summed E-state index contributed by atoms with van der Waals surface area (Å²) in [6.45, 7) is 0. The van der Waals surface area contributed by atoms with Crippen molar-refractivity contribution in [2.45, 2.75) is 18.9 Å². The monoisotopic (exact) mass is 420 g/mol. The number of hydrogen-bond acceptors (Lipinski definition) is 8. The Balaban J connectivity index is 1.65. The minimum absolute atomic E-state index is 0.129. The minimum Gasteiger partial charge on any atom is -0.493 e. The molecule has 3 heterocycles. The van der Waals surface area contributed by atoms with Crippen LogP contribution in [0.4, 0.5) is 5.69 Å². The molecule has 11 heteroatoms. The van der Waals surface area contributed by atoms with Crippen molar-refractivity contribution in [1.29, 1.82) is 0 Å². The lowest BCUT2D eigenvalue weighted by molar-refractivity contribution is 0.435. The van der Waals surface area contributed by atoms with E-state index in [4.69, 9.17) is 4.74 Å². The molecule has 0 unspecified atom stereocenters. The van der Waals surface area contributed by atoms with E-state index in [0.717, 1.165) is 18.5 Å². The van der Waals surface area contributed by atoms with Crippen molar-refractivity contribution in [3.05, 3.63) is 57.5 Å². The fraction of sp³-hybridized carbons (Fsp3) is 0.250. The van der Waals surface area contributed by atoms with Gasteiger partial charge in [0.1, 0.15) is 11.4 Å². The lowest BCUT2D eigenvalue weighted by Gasteiger charge is -2.13. The van der Waals surface area contributed by atoms with E-state index < -0.39 is 5.69 Å². The number of H-pyrrole nitrogens is 2. The van der Waals surface area contributed by atoms with Crippen molar-refractivity contribution in [3.63, 3.8) is 0 Å². The van der Waals surface area contributed by atoms with Gasteiger partial charge in [-0.05, 0) is 31.1 Å². The van der Waals surface area contributed by atoms with E-state index in [2.05, 4.69) is 30.0 Å². The van der Waals surface area contributed by atoms with Crippen molar-refractivity contribution < 1.29 is 9.84 Å². The maximum Gasteiger partial charge on any atom is 0.327 e. The van der Waals surface area contributed by atoms with Crippen LogP contribution in [0.1, 0.15) is 18.5 Å². The molecule has 1 aliphatic carbocycles. The second-order valence-corrected chi connectivity index (χ2v) is 7.48. The molecule has 1 fully saturated rings. The molecule has 3 N–H and O–H groups in total. The molecule has 0 radical (unpaired) electrons. The molecule has 0 spiro atoms. The summed E-state index contributed by atoms with van der Waals surface area (Å²) in [4.78, 5) is 31.8. The van der Waals surface area contributed by atoms with Gasteiger partial charge in [0, 0.05) is 31.1 Å². The summed E-state index contributed by atoms with van der Waals surface area (Å²) < 4.78 is 7.47. The Morgan fingerprint density at radius 1 is 1.29 bits per heavy atom. The van der Waals surface area contributed by atoms with Gasteiger partial charge in [0.2, 0.25) is 5.88 Å². The number of aromatic amines is 2. The molecular formula is C20H20N8O3. The third-order valence-corrected chi connectivity index (χ3v) is 4.78. The fourth-order valence-electron chi connectivity index (χ4n) is 3.04. The number of imidazole rings is 1. The molecule has 1 aliphatic rings. The summed E-state index contributed by atoms with van der Waals surface area (Å²) in [5.41, 5.74) is 1.52. The molecule has 158 valence electrons. The summed E-state index contributed by atoms with van der Waals surface area (Å²) in [5, 5.41) is 14.8. The van der Waals surface area contributed by atoms with E-state index in [1.54, 1.807) is 12.3 Å². The van der Waals surface area contributed by atoms with Crippen molar-refractivity contribution in [2.24, 2.45) is 4.99 Å². The standard InChI is InChI=1S/C20H20N8O3/c1-27(2)13-4-3-5-14(9-13)31-20-24-16-11(8-15-17(29)25-19(30)23-15)10-21-28(16)18(26-20)22-12-6-7-12/h3-5,8-10,12,29H,6-7H2,1-2H3,(H2,23,25,30)/b11-8-,22-18?. The summed E-state index contributed by atoms with van der Waals surface area (Å²) in [5.74, 6) is 0.323. The Bertz CT molecular complexity index is 1450. The first kappa shape index (κ1) is 18.9. The highest BCUT2D eigenvalue weighted by Gasteiger charge is 2.21. The van der Waals surface area contributed by atoms with Gasteiger partial charge in [0.25, 0.3) is 5.62 Å².